The molecule has 2 unspecified atom stereocenters. The number of primary amides is 1. The summed E-state index contributed by atoms with van der Waals surface area (Å²) in [5, 5.41) is -0.323. The van der Waals surface area contributed by atoms with Crippen LogP contribution in [-0.2, 0) is 20.8 Å². The van der Waals surface area contributed by atoms with Crippen molar-refractivity contribution in [2.24, 2.45) is 5.73 Å². The van der Waals surface area contributed by atoms with Crippen LogP contribution in [0.5, 0.6) is 0 Å². The van der Waals surface area contributed by atoms with E-state index in [4.69, 9.17) is 11.5 Å². The van der Waals surface area contributed by atoms with E-state index in [2.05, 4.69) is 4.72 Å². The summed E-state index contributed by atoms with van der Waals surface area (Å²) < 4.78 is 37.6. The number of benzene rings is 1. The second-order valence-corrected chi connectivity index (χ2v) is 7.82. The van der Waals surface area contributed by atoms with Gasteiger partial charge in [-0.25, -0.2) is 13.1 Å². The van der Waals surface area contributed by atoms with Gasteiger partial charge in [-0.1, -0.05) is 0 Å². The number of nitrogens with one attached hydrogen (secondary N) is 1. The van der Waals surface area contributed by atoms with E-state index in [0.29, 0.717) is 0 Å². The minimum atomic E-state index is -3.82. The summed E-state index contributed by atoms with van der Waals surface area (Å²) in [4.78, 5) is 10.8. The van der Waals surface area contributed by atoms with E-state index in [9.17, 15) is 17.4 Å². The molecule has 1 rings (SSSR count). The highest BCUT2D eigenvalue weighted by molar-refractivity contribution is 7.89. The largest absolute Gasteiger partial charge is 0.398 e. The highest BCUT2D eigenvalue weighted by Crippen LogP contribution is 2.19. The summed E-state index contributed by atoms with van der Waals surface area (Å²) in [6.07, 6.45) is 1.50. The molecule has 0 saturated carbocycles. The van der Waals surface area contributed by atoms with Crippen molar-refractivity contribution in [2.45, 2.75) is 17.1 Å². The van der Waals surface area contributed by atoms with E-state index < -0.39 is 26.7 Å². The first kappa shape index (κ1) is 16.6. The Kier molecular flexibility index (Phi) is 5.26. The molecule has 0 aromatic heterocycles. The van der Waals surface area contributed by atoms with Gasteiger partial charge in [-0.15, -0.1) is 0 Å². The van der Waals surface area contributed by atoms with Crippen LogP contribution in [0.2, 0.25) is 0 Å². The second kappa shape index (κ2) is 6.33. The lowest BCUT2D eigenvalue weighted by Crippen LogP contribution is -2.33. The lowest BCUT2D eigenvalue weighted by atomic mass is 10.2. The topological polar surface area (TPSA) is 132 Å². The second-order valence-electron chi connectivity index (χ2n) is 4.28. The average molecular weight is 319 g/mol. The SMILES string of the molecule is CC(CNS(=O)(=O)c1ccc(C(N)=O)cc1N)S(C)=O. The fraction of sp³-hybridized carbons (Fsp3) is 0.364. The van der Waals surface area contributed by atoms with Gasteiger partial charge < -0.3 is 11.5 Å². The molecular formula is C11H17N3O4S2. The number of nitrogen functional groups attached to an aromatic ring is 1. The van der Waals surface area contributed by atoms with Crippen LogP contribution in [0.15, 0.2) is 23.1 Å². The summed E-state index contributed by atoms with van der Waals surface area (Å²) >= 11 is 0. The maximum absolute atomic E-state index is 12.1. The van der Waals surface area contributed by atoms with Gasteiger partial charge in [0.25, 0.3) is 0 Å². The Hall–Kier alpha value is -1.45. The zero-order valence-corrected chi connectivity index (χ0v) is 12.8. The Bertz CT molecular complexity index is 643. The number of rotatable bonds is 6. The van der Waals surface area contributed by atoms with Crippen LogP contribution in [-0.4, -0.2) is 36.6 Å². The molecule has 0 radical (unpaired) electrons. The summed E-state index contributed by atoms with van der Waals surface area (Å²) in [7, 11) is -4.96. The van der Waals surface area contributed by atoms with Crippen LogP contribution in [0, 0.1) is 0 Å². The monoisotopic (exact) mass is 319 g/mol. The van der Waals surface area contributed by atoms with E-state index in [0.717, 1.165) is 0 Å². The van der Waals surface area contributed by atoms with Gasteiger partial charge in [0.05, 0.1) is 5.69 Å². The molecule has 0 aliphatic carbocycles. The van der Waals surface area contributed by atoms with Crippen LogP contribution in [0.1, 0.15) is 17.3 Å². The van der Waals surface area contributed by atoms with Crippen LogP contribution in [0.3, 0.4) is 0 Å². The Balaban J connectivity index is 2.99. The van der Waals surface area contributed by atoms with Crippen molar-refractivity contribution in [3.63, 3.8) is 0 Å². The average Bonchev–Trinajstić information content (AvgIpc) is 2.35. The molecule has 0 spiro atoms. The molecule has 9 heteroatoms. The van der Waals surface area contributed by atoms with E-state index in [1.54, 1.807) is 6.92 Å². The van der Waals surface area contributed by atoms with E-state index in [-0.39, 0.29) is 27.9 Å². The molecule has 1 aromatic carbocycles. The predicted molar refractivity (Wildman–Crippen MR) is 78.1 cm³/mol. The molecule has 2 atom stereocenters. The van der Waals surface area contributed by atoms with E-state index in [1.165, 1.54) is 24.5 Å². The van der Waals surface area contributed by atoms with E-state index in [1.807, 2.05) is 0 Å². The van der Waals surface area contributed by atoms with Crippen molar-refractivity contribution in [3.05, 3.63) is 23.8 Å². The molecule has 0 aliphatic heterocycles. The molecule has 0 heterocycles. The molecule has 5 N–H and O–H groups in total. The number of nitrogens with two attached hydrogens (primary N) is 2. The van der Waals surface area contributed by atoms with Crippen LogP contribution in [0.25, 0.3) is 0 Å². The van der Waals surface area contributed by atoms with Crippen molar-refractivity contribution in [1.29, 1.82) is 0 Å². The first-order valence-electron chi connectivity index (χ1n) is 5.66. The van der Waals surface area contributed by atoms with E-state index >= 15 is 0 Å². The minimum absolute atomic E-state index is 0.0302. The zero-order valence-electron chi connectivity index (χ0n) is 11.1. The number of anilines is 1. The maximum atomic E-state index is 12.1. The molecule has 0 fully saturated rings. The van der Waals surface area contributed by atoms with Gasteiger partial charge in [-0.05, 0) is 25.1 Å². The van der Waals surface area contributed by atoms with Gasteiger partial charge in [-0.3, -0.25) is 9.00 Å². The summed E-state index contributed by atoms with van der Waals surface area (Å²) in [5.74, 6) is -0.691. The Morgan fingerprint density at radius 2 is 2.05 bits per heavy atom. The highest BCUT2D eigenvalue weighted by atomic mass is 32.2. The van der Waals surface area contributed by atoms with Gasteiger partial charge in [-0.2, -0.15) is 0 Å². The summed E-state index contributed by atoms with van der Waals surface area (Å²) in [5.41, 5.74) is 10.8. The molecule has 0 aliphatic rings. The van der Waals surface area contributed by atoms with Crippen LogP contribution in [0.4, 0.5) is 5.69 Å². The number of carbonyl (C=O) groups excluding carboxylic acids is 1. The number of amides is 1. The smallest absolute Gasteiger partial charge is 0.248 e. The fourth-order valence-electron chi connectivity index (χ4n) is 1.37. The lowest BCUT2D eigenvalue weighted by Gasteiger charge is -2.12. The molecule has 1 amide bonds. The molecule has 1 aromatic rings. The predicted octanol–water partition coefficient (Wildman–Crippen LogP) is -0.587. The number of hydrogen-bond donors (Lipinski definition) is 3. The Morgan fingerprint density at radius 1 is 1.45 bits per heavy atom. The Labute approximate surface area is 120 Å². The number of sulfonamides is 1. The molecule has 7 nitrogen and oxygen atoms in total. The van der Waals surface area contributed by atoms with Gasteiger partial charge in [0, 0.05) is 34.4 Å². The van der Waals surface area contributed by atoms with Crippen molar-refractivity contribution < 1.29 is 17.4 Å². The third-order valence-corrected chi connectivity index (χ3v) is 5.51. The van der Waals surface area contributed by atoms with Crippen molar-refractivity contribution in [1.82, 2.24) is 4.72 Å². The number of hydrogen-bond acceptors (Lipinski definition) is 5. The third-order valence-electron chi connectivity index (χ3n) is 2.71. The first-order chi connectivity index (χ1) is 9.15. The molecule has 0 bridgehead atoms. The minimum Gasteiger partial charge on any atom is -0.398 e. The third kappa shape index (κ3) is 4.02. The number of carbonyl (C=O) groups is 1. The van der Waals surface area contributed by atoms with Gasteiger partial charge in [0.1, 0.15) is 4.90 Å². The van der Waals surface area contributed by atoms with Crippen molar-refractivity contribution in [3.8, 4) is 0 Å². The van der Waals surface area contributed by atoms with Crippen molar-refractivity contribution >= 4 is 32.4 Å². The standard InChI is InChI=1S/C11H17N3O4S2/c1-7(19(2)16)6-14-20(17,18)10-4-3-8(11(13)15)5-9(10)12/h3-5,7,14H,6,12H2,1-2H3,(H2,13,15). The summed E-state index contributed by atoms with van der Waals surface area (Å²) in [6.45, 7) is 1.70. The van der Waals surface area contributed by atoms with Gasteiger partial charge >= 0.3 is 0 Å². The first-order valence-corrected chi connectivity index (χ1v) is 8.77. The molecule has 20 heavy (non-hydrogen) atoms. The molecular weight excluding hydrogens is 302 g/mol. The van der Waals surface area contributed by atoms with Crippen LogP contribution >= 0.6 is 0 Å². The fourth-order valence-corrected chi connectivity index (χ4v) is 3.03. The molecule has 0 saturated heterocycles. The maximum Gasteiger partial charge on any atom is 0.248 e. The van der Waals surface area contributed by atoms with Gasteiger partial charge in [0.2, 0.25) is 15.9 Å². The lowest BCUT2D eigenvalue weighted by molar-refractivity contribution is 0.1000. The van der Waals surface area contributed by atoms with Gasteiger partial charge in [0.15, 0.2) is 0 Å². The zero-order chi connectivity index (χ0) is 15.5. The molecule has 112 valence electrons. The normalized spacial score (nSPS) is 14.7. The summed E-state index contributed by atoms with van der Waals surface area (Å²) in [6, 6.07) is 3.71. The quantitative estimate of drug-likeness (QED) is 0.603. The Morgan fingerprint density at radius 3 is 2.50 bits per heavy atom. The highest BCUT2D eigenvalue weighted by Gasteiger charge is 2.19. The van der Waals surface area contributed by atoms with Crippen molar-refractivity contribution in [2.75, 3.05) is 18.5 Å². The van der Waals surface area contributed by atoms with Crippen LogP contribution < -0.4 is 16.2 Å².